The van der Waals surface area contributed by atoms with E-state index in [4.69, 9.17) is 4.74 Å². The molecule has 7 nitrogen and oxygen atoms in total. The molecule has 0 atom stereocenters. The number of sulfonamides is 1. The van der Waals surface area contributed by atoms with Gasteiger partial charge in [-0.15, -0.1) is 0 Å². The molecule has 2 aromatic rings. The molecule has 0 unspecified atom stereocenters. The van der Waals surface area contributed by atoms with Crippen molar-refractivity contribution in [3.05, 3.63) is 59.7 Å². The molecule has 0 spiro atoms. The Bertz CT molecular complexity index is 1130. The highest BCUT2D eigenvalue weighted by atomic mass is 32.2. The van der Waals surface area contributed by atoms with Gasteiger partial charge in [-0.05, 0) is 74.4 Å². The van der Waals surface area contributed by atoms with Crippen LogP contribution in [0.15, 0.2) is 53.4 Å². The second-order valence-electron chi connectivity index (χ2n) is 9.53. The van der Waals surface area contributed by atoms with Gasteiger partial charge in [0.2, 0.25) is 15.9 Å². The Balaban J connectivity index is 1.27. The van der Waals surface area contributed by atoms with Gasteiger partial charge in [-0.2, -0.15) is 0 Å². The minimum absolute atomic E-state index is 0.0196. The van der Waals surface area contributed by atoms with E-state index in [1.807, 2.05) is 24.3 Å². The second-order valence-corrected chi connectivity index (χ2v) is 11.2. The zero-order chi connectivity index (χ0) is 24.9. The molecule has 0 aliphatic heterocycles. The van der Waals surface area contributed by atoms with Crippen molar-refractivity contribution in [2.24, 2.45) is 0 Å². The average molecular weight is 499 g/mol. The number of ether oxygens (including phenoxy) is 1. The lowest BCUT2D eigenvalue weighted by Gasteiger charge is -2.22. The smallest absolute Gasteiger partial charge is 0.316 e. The summed E-state index contributed by atoms with van der Waals surface area (Å²) in [6, 6.07) is 14.1. The molecule has 1 amide bonds. The first-order valence-electron chi connectivity index (χ1n) is 12.5. The average Bonchev–Trinajstić information content (AvgIpc) is 3.66. The molecule has 0 bridgehead atoms. The molecule has 0 radical (unpaired) electrons. The number of nitrogens with one attached hydrogen (secondary N) is 2. The molecule has 2 saturated carbocycles. The first-order valence-corrected chi connectivity index (χ1v) is 14.0. The fourth-order valence-electron chi connectivity index (χ4n) is 4.70. The summed E-state index contributed by atoms with van der Waals surface area (Å²) < 4.78 is 33.3. The Morgan fingerprint density at radius 1 is 0.971 bits per heavy atom. The fourth-order valence-corrected chi connectivity index (χ4v) is 6.01. The molecular weight excluding hydrogens is 464 g/mol. The van der Waals surface area contributed by atoms with E-state index < -0.39 is 15.4 Å². The third-order valence-corrected chi connectivity index (χ3v) is 8.48. The van der Waals surface area contributed by atoms with Crippen LogP contribution in [0.4, 0.5) is 5.69 Å². The maximum Gasteiger partial charge on any atom is 0.316 e. The number of rotatable bonds is 10. The van der Waals surface area contributed by atoms with Crippen LogP contribution in [0.1, 0.15) is 69.4 Å². The molecule has 2 aliphatic carbocycles. The van der Waals surface area contributed by atoms with E-state index >= 15 is 0 Å². The predicted molar refractivity (Wildman–Crippen MR) is 135 cm³/mol. The number of carbonyl (C=O) groups is 2. The lowest BCUT2D eigenvalue weighted by atomic mass is 9.96. The van der Waals surface area contributed by atoms with Gasteiger partial charge in [0, 0.05) is 18.2 Å². The Hall–Kier alpha value is -2.71. The number of hydrogen-bond acceptors (Lipinski definition) is 5. The van der Waals surface area contributed by atoms with Gasteiger partial charge in [0.1, 0.15) is 0 Å². The lowest BCUT2D eigenvalue weighted by Crippen LogP contribution is -2.36. The Morgan fingerprint density at radius 2 is 1.63 bits per heavy atom. The number of anilines is 1. The first kappa shape index (κ1) is 25.4. The molecule has 4 rings (SSSR count). The van der Waals surface area contributed by atoms with Crippen LogP contribution in [-0.4, -0.2) is 32.9 Å². The van der Waals surface area contributed by atoms with Crippen molar-refractivity contribution in [2.75, 3.05) is 11.9 Å². The van der Waals surface area contributed by atoms with Gasteiger partial charge in [0.05, 0.1) is 16.9 Å². The largest absolute Gasteiger partial charge is 0.465 e. The van der Waals surface area contributed by atoms with Crippen LogP contribution in [0.3, 0.4) is 0 Å². The Morgan fingerprint density at radius 3 is 2.23 bits per heavy atom. The molecule has 0 aromatic heterocycles. The Kier molecular flexibility index (Phi) is 7.91. The molecule has 2 N–H and O–H groups in total. The number of carbonyl (C=O) groups excluding carboxylic acids is 2. The van der Waals surface area contributed by atoms with E-state index in [9.17, 15) is 18.0 Å². The second kappa shape index (κ2) is 10.9. The van der Waals surface area contributed by atoms with Gasteiger partial charge >= 0.3 is 5.97 Å². The summed E-state index contributed by atoms with van der Waals surface area (Å²) in [5.74, 6) is -0.305. The number of aryl methyl sites for hydroxylation is 1. The van der Waals surface area contributed by atoms with Crippen molar-refractivity contribution < 1.29 is 22.7 Å². The minimum atomic E-state index is -3.53. The van der Waals surface area contributed by atoms with Crippen molar-refractivity contribution >= 4 is 27.6 Å². The van der Waals surface area contributed by atoms with Crippen LogP contribution in [0.25, 0.3) is 0 Å². The van der Waals surface area contributed by atoms with E-state index in [0.29, 0.717) is 18.7 Å². The van der Waals surface area contributed by atoms with Gasteiger partial charge in [-0.1, -0.05) is 43.5 Å². The van der Waals surface area contributed by atoms with Crippen LogP contribution in [0, 0.1) is 0 Å². The van der Waals surface area contributed by atoms with Gasteiger partial charge < -0.3 is 10.1 Å². The SMILES string of the molecule is CCOC(=O)C1(c2ccc(NC(=O)CCc3ccc(S(=O)(=O)NC4CCCCC4)cc3)cc2)CC1. The number of esters is 1. The van der Waals surface area contributed by atoms with Crippen molar-refractivity contribution in [1.82, 2.24) is 4.72 Å². The quantitative estimate of drug-likeness (QED) is 0.471. The highest BCUT2D eigenvalue weighted by molar-refractivity contribution is 7.89. The van der Waals surface area contributed by atoms with Crippen LogP contribution < -0.4 is 10.0 Å². The van der Waals surface area contributed by atoms with Crippen molar-refractivity contribution in [3.8, 4) is 0 Å². The highest BCUT2D eigenvalue weighted by Crippen LogP contribution is 2.49. The fraction of sp³-hybridized carbons (Fsp3) is 0.481. The van der Waals surface area contributed by atoms with Crippen molar-refractivity contribution in [2.45, 2.75) is 81.1 Å². The zero-order valence-corrected chi connectivity index (χ0v) is 21.0. The number of hydrogen-bond donors (Lipinski definition) is 2. The number of benzene rings is 2. The molecule has 188 valence electrons. The monoisotopic (exact) mass is 498 g/mol. The van der Waals surface area contributed by atoms with Crippen molar-refractivity contribution in [1.29, 1.82) is 0 Å². The summed E-state index contributed by atoms with van der Waals surface area (Å²) in [5, 5.41) is 2.89. The molecule has 8 heteroatoms. The van der Waals surface area contributed by atoms with Crippen LogP contribution >= 0.6 is 0 Å². The molecule has 0 heterocycles. The summed E-state index contributed by atoms with van der Waals surface area (Å²) in [4.78, 5) is 24.9. The standard InChI is InChI=1S/C27H34N2O5S/c1-2-34-26(31)27(18-19-27)21-11-13-22(14-12-21)28-25(30)17-10-20-8-15-24(16-9-20)35(32,33)29-23-6-4-3-5-7-23/h8-9,11-16,23,29H,2-7,10,17-19H2,1H3,(H,28,30). The van der Waals surface area contributed by atoms with Crippen LogP contribution in [0.5, 0.6) is 0 Å². The summed E-state index contributed by atoms with van der Waals surface area (Å²) in [7, 11) is -3.53. The topological polar surface area (TPSA) is 102 Å². The summed E-state index contributed by atoms with van der Waals surface area (Å²) in [5.41, 5.74) is 1.97. The minimum Gasteiger partial charge on any atom is -0.465 e. The van der Waals surface area contributed by atoms with Gasteiger partial charge in [0.25, 0.3) is 0 Å². The van der Waals surface area contributed by atoms with E-state index in [1.54, 1.807) is 31.2 Å². The maximum absolute atomic E-state index is 12.6. The normalized spacial score (nSPS) is 17.5. The van der Waals surface area contributed by atoms with Gasteiger partial charge in [0.15, 0.2) is 0 Å². The van der Waals surface area contributed by atoms with Gasteiger partial charge in [-0.25, -0.2) is 13.1 Å². The highest BCUT2D eigenvalue weighted by Gasteiger charge is 2.52. The molecular formula is C27H34N2O5S. The maximum atomic E-state index is 12.6. The van der Waals surface area contributed by atoms with Crippen molar-refractivity contribution in [3.63, 3.8) is 0 Å². The van der Waals surface area contributed by atoms with E-state index in [1.165, 1.54) is 6.42 Å². The molecule has 2 fully saturated rings. The van der Waals surface area contributed by atoms with E-state index in [2.05, 4.69) is 10.0 Å². The molecule has 35 heavy (non-hydrogen) atoms. The van der Waals surface area contributed by atoms with Crippen LogP contribution in [-0.2, 0) is 36.2 Å². The number of amides is 1. The van der Waals surface area contributed by atoms with Crippen LogP contribution in [0.2, 0.25) is 0 Å². The summed E-state index contributed by atoms with van der Waals surface area (Å²) in [6.07, 6.45) is 7.43. The van der Waals surface area contributed by atoms with Gasteiger partial charge in [-0.3, -0.25) is 9.59 Å². The predicted octanol–water partition coefficient (Wildman–Crippen LogP) is 4.46. The summed E-state index contributed by atoms with van der Waals surface area (Å²) in [6.45, 7) is 2.17. The Labute approximate surface area is 207 Å². The third-order valence-electron chi connectivity index (χ3n) is 6.94. The summed E-state index contributed by atoms with van der Waals surface area (Å²) >= 11 is 0. The lowest BCUT2D eigenvalue weighted by molar-refractivity contribution is -0.146. The first-order chi connectivity index (χ1) is 16.8. The molecule has 0 saturated heterocycles. The molecule has 2 aliphatic rings. The third kappa shape index (κ3) is 6.30. The van der Waals surface area contributed by atoms with E-state index in [0.717, 1.165) is 49.7 Å². The molecule has 2 aromatic carbocycles. The van der Waals surface area contributed by atoms with E-state index in [-0.39, 0.29) is 29.2 Å². The zero-order valence-electron chi connectivity index (χ0n) is 20.2.